The molecule has 1 unspecified atom stereocenters. The van der Waals surface area contributed by atoms with Crippen LogP contribution in [0, 0.1) is 6.07 Å². The van der Waals surface area contributed by atoms with Crippen molar-refractivity contribution in [3.8, 4) is 0 Å². The number of esters is 1. The van der Waals surface area contributed by atoms with Crippen molar-refractivity contribution in [3.05, 3.63) is 35.9 Å². The largest absolute Gasteiger partial charge is 1.00 e. The van der Waals surface area contributed by atoms with Gasteiger partial charge in [-0.05, 0) is 30.7 Å². The Bertz CT molecular complexity index is 1390. The molecule has 1 aliphatic rings. The number of methoxy groups -OCH3 is 1. The second kappa shape index (κ2) is 13.8. The third-order valence-electron chi connectivity index (χ3n) is 6.78. The summed E-state index contributed by atoms with van der Waals surface area (Å²) in [7, 11) is -7.69. The number of benzene rings is 2. The van der Waals surface area contributed by atoms with Crippen LogP contribution in [0.1, 0.15) is 57.9 Å². The van der Waals surface area contributed by atoms with E-state index in [1.54, 1.807) is 6.07 Å². The average molecular weight is 570 g/mol. The summed E-state index contributed by atoms with van der Waals surface area (Å²) >= 11 is 0. The van der Waals surface area contributed by atoms with E-state index in [1.807, 2.05) is 24.5 Å². The van der Waals surface area contributed by atoms with E-state index in [0.717, 1.165) is 29.8 Å². The molecule has 3 rings (SSSR count). The quantitative estimate of drug-likeness (QED) is 0.0695. The van der Waals surface area contributed by atoms with Crippen LogP contribution in [0.25, 0.3) is 10.8 Å². The molecule has 1 atom stereocenters. The van der Waals surface area contributed by atoms with E-state index in [9.17, 15) is 30.7 Å². The van der Waals surface area contributed by atoms with Crippen molar-refractivity contribution in [1.29, 1.82) is 0 Å². The Morgan fingerprint density at radius 1 is 1.08 bits per heavy atom. The summed E-state index contributed by atoms with van der Waals surface area (Å²) < 4.78 is 75.2. The Balaban J connectivity index is 0.00000342. The van der Waals surface area contributed by atoms with Crippen molar-refractivity contribution in [3.63, 3.8) is 0 Å². The number of unbranched alkanes of at least 4 members (excludes halogenated alkanes) is 2. The molecule has 0 N–H and O–H groups in total. The van der Waals surface area contributed by atoms with E-state index < -0.39 is 31.4 Å². The standard InChI is InChI=1S/C24H31NO8S2.2Na/c1-17-24(2,13-6-4-5-8-22(26)33-3)23-20-16-19(35(30,31)32)11-9-18(20)10-12-21(23)25(17)14-7-15-34(27,28)29;;/h10-12,16H,4-8,13-15H2,1-3H3,(H,27,28,29)(H,30,31,32);;/q;2*+1/p-2. The molecule has 0 radical (unpaired) electrons. The first-order chi connectivity index (χ1) is 16.3. The molecule has 0 saturated heterocycles. The van der Waals surface area contributed by atoms with Crippen molar-refractivity contribution in [1.82, 2.24) is 0 Å². The van der Waals surface area contributed by atoms with Crippen LogP contribution < -0.4 is 59.1 Å². The van der Waals surface area contributed by atoms with E-state index in [1.165, 1.54) is 19.2 Å². The molecule has 0 aromatic heterocycles. The summed E-state index contributed by atoms with van der Waals surface area (Å²) in [6.45, 7) is 4.26. The van der Waals surface area contributed by atoms with Crippen LogP contribution in [0.15, 0.2) is 29.2 Å². The molecule has 0 saturated carbocycles. The van der Waals surface area contributed by atoms with Gasteiger partial charge < -0.3 is 13.8 Å². The number of nitrogens with zero attached hydrogens (tertiary/aromatic N) is 1. The maximum Gasteiger partial charge on any atom is 1.00 e. The molecule has 13 heteroatoms. The van der Waals surface area contributed by atoms with Gasteiger partial charge >= 0.3 is 65.1 Å². The Morgan fingerprint density at radius 2 is 1.76 bits per heavy atom. The number of carbonyl (C=O) groups is 1. The maximum atomic E-state index is 11.7. The number of fused-ring (bicyclic) bond motifs is 3. The van der Waals surface area contributed by atoms with E-state index >= 15 is 0 Å². The van der Waals surface area contributed by atoms with Gasteiger partial charge in [-0.2, -0.15) is 0 Å². The fourth-order valence-corrected chi connectivity index (χ4v) is 5.79. The topological polar surface area (TPSA) is 144 Å². The molecule has 0 aliphatic carbocycles. The minimum absolute atomic E-state index is 0. The van der Waals surface area contributed by atoms with Crippen molar-refractivity contribution >= 4 is 48.4 Å². The van der Waals surface area contributed by atoms with Crippen molar-refractivity contribution < 1.29 is 99.2 Å². The average Bonchev–Trinajstić information content (AvgIpc) is 2.99. The second-order valence-corrected chi connectivity index (χ2v) is 11.9. The minimum atomic E-state index is -4.69. The van der Waals surface area contributed by atoms with Crippen molar-refractivity contribution in [2.75, 3.05) is 19.4 Å². The van der Waals surface area contributed by atoms with Crippen LogP contribution in [-0.2, 0) is 35.2 Å². The van der Waals surface area contributed by atoms with Gasteiger partial charge in [0.15, 0.2) is 11.4 Å². The van der Waals surface area contributed by atoms with Crippen LogP contribution in [0.3, 0.4) is 0 Å². The minimum Gasteiger partial charge on any atom is -0.752 e. The first-order valence-electron chi connectivity index (χ1n) is 11.3. The SMILES string of the molecule is COC(=O)CCCCCC1(C)C(C)=[N+](CCCS(=O)(=O)[O-])c2ccc3[c-]cc(S(=O)(=O)[O-])cc3c21.[Na+].[Na+]. The maximum absolute atomic E-state index is 11.7. The second-order valence-electron chi connectivity index (χ2n) is 9.03. The Kier molecular flexibility index (Phi) is 13.0. The van der Waals surface area contributed by atoms with E-state index in [0.29, 0.717) is 36.6 Å². The van der Waals surface area contributed by atoms with Crippen LogP contribution in [0.2, 0.25) is 0 Å². The van der Waals surface area contributed by atoms with Gasteiger partial charge in [0, 0.05) is 31.1 Å². The molecule has 0 fully saturated rings. The van der Waals surface area contributed by atoms with Crippen LogP contribution in [-0.4, -0.2) is 61.6 Å². The number of carbonyl (C=O) groups excluding carboxylic acids is 1. The first-order valence-corrected chi connectivity index (χ1v) is 14.3. The molecule has 0 spiro atoms. The summed E-state index contributed by atoms with van der Waals surface area (Å²) in [5.74, 6) is -0.756. The first kappa shape index (κ1) is 34.7. The molecule has 37 heavy (non-hydrogen) atoms. The van der Waals surface area contributed by atoms with Gasteiger partial charge in [-0.1, -0.05) is 18.2 Å². The predicted molar refractivity (Wildman–Crippen MR) is 128 cm³/mol. The molecule has 1 aliphatic heterocycles. The van der Waals surface area contributed by atoms with Crippen LogP contribution >= 0.6 is 0 Å². The molecule has 9 nitrogen and oxygen atoms in total. The zero-order valence-corrected chi connectivity index (χ0v) is 27.6. The van der Waals surface area contributed by atoms with Gasteiger partial charge in [-0.15, -0.1) is 29.7 Å². The van der Waals surface area contributed by atoms with E-state index in [2.05, 4.69) is 10.8 Å². The summed E-state index contributed by atoms with van der Waals surface area (Å²) in [6.07, 6.45) is 3.35. The molecule has 192 valence electrons. The number of hydrogen-bond acceptors (Lipinski definition) is 8. The molecular weight excluding hydrogens is 540 g/mol. The third kappa shape index (κ3) is 8.33. The molecule has 2 aromatic rings. The predicted octanol–water partition coefficient (Wildman–Crippen LogP) is -3.01. The molecule has 1 heterocycles. The Labute approximate surface area is 263 Å². The fraction of sp³-hybridized carbons (Fsp3) is 0.500. The molecule has 0 amide bonds. The van der Waals surface area contributed by atoms with Gasteiger partial charge in [0.2, 0.25) is 0 Å². The monoisotopic (exact) mass is 569 g/mol. The Morgan fingerprint density at radius 3 is 2.35 bits per heavy atom. The summed E-state index contributed by atoms with van der Waals surface area (Å²) in [5, 5.41) is 1.25. The van der Waals surface area contributed by atoms with Gasteiger partial charge in [0.25, 0.3) is 0 Å². The molecule has 0 bridgehead atoms. The molecule has 2 aromatic carbocycles. The summed E-state index contributed by atoms with van der Waals surface area (Å²) in [6, 6.07) is 9.10. The summed E-state index contributed by atoms with van der Waals surface area (Å²) in [5.41, 5.74) is 2.01. The summed E-state index contributed by atoms with van der Waals surface area (Å²) in [4.78, 5) is 11.0. The molecular formula is C24H29NNa2O8S2. The van der Waals surface area contributed by atoms with Gasteiger partial charge in [0.05, 0.1) is 32.8 Å². The van der Waals surface area contributed by atoms with Gasteiger partial charge in [-0.25, -0.2) is 21.4 Å². The van der Waals surface area contributed by atoms with Crippen molar-refractivity contribution in [2.24, 2.45) is 0 Å². The number of hydrogen-bond donors (Lipinski definition) is 0. The third-order valence-corrected chi connectivity index (χ3v) is 8.38. The number of ether oxygens (including phenoxy) is 1. The van der Waals surface area contributed by atoms with Crippen LogP contribution in [0.4, 0.5) is 5.69 Å². The van der Waals surface area contributed by atoms with E-state index in [-0.39, 0.29) is 76.4 Å². The Hall–Kier alpha value is -0.340. The zero-order chi connectivity index (χ0) is 26.0. The van der Waals surface area contributed by atoms with Crippen molar-refractivity contribution in [2.45, 2.75) is 62.7 Å². The zero-order valence-electron chi connectivity index (χ0n) is 22.0. The van der Waals surface area contributed by atoms with E-state index in [4.69, 9.17) is 0 Å². The van der Waals surface area contributed by atoms with Gasteiger partial charge in [0.1, 0.15) is 6.54 Å². The number of rotatable bonds is 11. The fourth-order valence-electron chi connectivity index (χ4n) is 4.85. The van der Waals surface area contributed by atoms with Crippen LogP contribution in [0.5, 0.6) is 0 Å². The normalized spacial score (nSPS) is 17.2. The van der Waals surface area contributed by atoms with Gasteiger partial charge in [-0.3, -0.25) is 4.79 Å². The smallest absolute Gasteiger partial charge is 0.752 e.